The van der Waals surface area contributed by atoms with E-state index in [4.69, 9.17) is 16.5 Å². The van der Waals surface area contributed by atoms with Crippen LogP contribution in [0.2, 0.25) is 0 Å². The van der Waals surface area contributed by atoms with Crippen LogP contribution in [-0.2, 0) is 0 Å². The summed E-state index contributed by atoms with van der Waals surface area (Å²) in [5.74, 6) is -0.261. The number of primary amides is 1. The van der Waals surface area contributed by atoms with Crippen LogP contribution in [0.5, 0.6) is 0 Å². The van der Waals surface area contributed by atoms with E-state index in [1.165, 1.54) is 0 Å². The fourth-order valence-electron chi connectivity index (χ4n) is 3.79. The molecule has 7 heteroatoms. The molecule has 0 aliphatic rings. The number of aromatic amines is 1. The minimum atomic E-state index is -0.562. The Kier molecular flexibility index (Phi) is 3.96. The highest BCUT2D eigenvalue weighted by Crippen LogP contribution is 2.36. The molecular weight excluding hydrogens is 352 g/mol. The van der Waals surface area contributed by atoms with Crippen LogP contribution in [0.1, 0.15) is 32.7 Å². The first kappa shape index (κ1) is 17.8. The van der Waals surface area contributed by atoms with Crippen molar-refractivity contribution in [3.63, 3.8) is 0 Å². The molecule has 0 unspecified atom stereocenters. The van der Waals surface area contributed by atoms with Crippen molar-refractivity contribution in [2.24, 2.45) is 5.73 Å². The van der Waals surface area contributed by atoms with E-state index in [1.54, 1.807) is 6.20 Å². The molecule has 0 atom stereocenters. The number of benzene rings is 1. The van der Waals surface area contributed by atoms with Gasteiger partial charge in [0.2, 0.25) is 0 Å². The maximum Gasteiger partial charge on any atom is 0.253 e. The molecule has 0 spiro atoms. The number of nitrogens with zero attached hydrogens (tertiary/aromatic N) is 3. The Balaban J connectivity index is 2.14. The fourth-order valence-corrected chi connectivity index (χ4v) is 3.79. The highest BCUT2D eigenvalue weighted by Gasteiger charge is 2.24. The van der Waals surface area contributed by atoms with Gasteiger partial charge >= 0.3 is 0 Å². The molecule has 0 aliphatic heterocycles. The summed E-state index contributed by atoms with van der Waals surface area (Å²) < 4.78 is 1.84. The first-order valence-corrected chi connectivity index (χ1v) is 8.99. The van der Waals surface area contributed by atoms with Crippen molar-refractivity contribution < 1.29 is 4.79 Å². The summed E-state index contributed by atoms with van der Waals surface area (Å²) in [6.45, 7) is 7.93. The van der Waals surface area contributed by atoms with Crippen molar-refractivity contribution >= 4 is 22.8 Å². The Morgan fingerprint density at radius 3 is 2.54 bits per heavy atom. The number of hydrogen-bond donors (Lipinski definition) is 3. The van der Waals surface area contributed by atoms with Crippen LogP contribution in [0.4, 0.5) is 5.82 Å². The van der Waals surface area contributed by atoms with Gasteiger partial charge in [0.1, 0.15) is 11.5 Å². The van der Waals surface area contributed by atoms with E-state index in [0.29, 0.717) is 22.4 Å². The molecule has 7 nitrogen and oxygen atoms in total. The van der Waals surface area contributed by atoms with Gasteiger partial charge < -0.3 is 11.5 Å². The van der Waals surface area contributed by atoms with Crippen molar-refractivity contribution in [3.05, 3.63) is 58.5 Å². The van der Waals surface area contributed by atoms with Gasteiger partial charge in [0.05, 0.1) is 17.4 Å². The van der Waals surface area contributed by atoms with Crippen LogP contribution < -0.4 is 11.5 Å². The summed E-state index contributed by atoms with van der Waals surface area (Å²) >= 11 is 0. The first-order valence-electron chi connectivity index (χ1n) is 8.99. The maximum atomic E-state index is 12.2. The largest absolute Gasteiger partial charge is 0.384 e. The zero-order valence-electron chi connectivity index (χ0n) is 16.3. The number of hydrogen-bond acceptors (Lipinski definition) is 4. The lowest BCUT2D eigenvalue weighted by Gasteiger charge is -2.17. The smallest absolute Gasteiger partial charge is 0.253 e. The summed E-state index contributed by atoms with van der Waals surface area (Å²) in [6, 6.07) is 6.01. The Hall–Kier alpha value is -3.61. The lowest BCUT2D eigenvalue weighted by Crippen LogP contribution is -2.14. The molecule has 142 valence electrons. The van der Waals surface area contributed by atoms with Crippen LogP contribution in [0, 0.1) is 27.7 Å². The van der Waals surface area contributed by atoms with Crippen molar-refractivity contribution in [1.82, 2.24) is 19.7 Å². The number of carbonyl (C=O) groups excluding carboxylic acids is 1. The van der Waals surface area contributed by atoms with E-state index in [2.05, 4.69) is 16.3 Å². The Labute approximate surface area is 162 Å². The number of aryl methyl sites for hydroxylation is 3. The van der Waals surface area contributed by atoms with Gasteiger partial charge in [0, 0.05) is 22.8 Å². The quantitative estimate of drug-likeness (QED) is 0.510. The van der Waals surface area contributed by atoms with Gasteiger partial charge in [0.15, 0.2) is 0 Å². The predicted octanol–water partition coefficient (Wildman–Crippen LogP) is 3.33. The second-order valence-corrected chi connectivity index (χ2v) is 7.11. The number of amides is 1. The first-order chi connectivity index (χ1) is 13.3. The monoisotopic (exact) mass is 374 g/mol. The molecule has 3 heterocycles. The van der Waals surface area contributed by atoms with Gasteiger partial charge in [-0.05, 0) is 56.0 Å². The molecule has 4 aromatic rings. The lowest BCUT2D eigenvalue weighted by atomic mass is 9.98. The number of fused-ring (bicyclic) bond motifs is 1. The zero-order chi connectivity index (χ0) is 20.2. The second-order valence-electron chi connectivity index (χ2n) is 7.11. The number of nitrogen functional groups attached to an aromatic ring is 1. The third-order valence-electron chi connectivity index (χ3n) is 5.34. The molecule has 28 heavy (non-hydrogen) atoms. The molecule has 0 aliphatic carbocycles. The summed E-state index contributed by atoms with van der Waals surface area (Å²) in [5, 5.41) is 7.57. The molecule has 5 N–H and O–H groups in total. The van der Waals surface area contributed by atoms with Crippen LogP contribution in [0.15, 0.2) is 30.6 Å². The van der Waals surface area contributed by atoms with Gasteiger partial charge in [-0.3, -0.25) is 14.5 Å². The molecule has 0 saturated carbocycles. The number of nitrogens with one attached hydrogen (secondary N) is 1. The summed E-state index contributed by atoms with van der Waals surface area (Å²) in [6.07, 6.45) is 3.62. The minimum Gasteiger partial charge on any atom is -0.384 e. The van der Waals surface area contributed by atoms with E-state index in [1.807, 2.05) is 50.6 Å². The number of anilines is 1. The SMILES string of the molecule is Cc1cc2c(C(N)=O)c(N)n(-c3c(C)ccc(-c4cn[nH]c4)c3C)c2nc1C. The van der Waals surface area contributed by atoms with Crippen LogP contribution in [0.25, 0.3) is 27.8 Å². The van der Waals surface area contributed by atoms with Gasteiger partial charge in [-0.1, -0.05) is 12.1 Å². The van der Waals surface area contributed by atoms with Gasteiger partial charge in [-0.15, -0.1) is 0 Å². The molecule has 1 amide bonds. The molecular formula is C21H22N6O. The predicted molar refractivity (Wildman–Crippen MR) is 111 cm³/mol. The molecule has 1 aromatic carbocycles. The Morgan fingerprint density at radius 1 is 1.14 bits per heavy atom. The fraction of sp³-hybridized carbons (Fsp3) is 0.190. The van der Waals surface area contributed by atoms with Crippen molar-refractivity contribution in [3.8, 4) is 16.8 Å². The highest BCUT2D eigenvalue weighted by atomic mass is 16.1. The van der Waals surface area contributed by atoms with Gasteiger partial charge in [-0.2, -0.15) is 5.10 Å². The van der Waals surface area contributed by atoms with Crippen molar-refractivity contribution in [2.75, 3.05) is 5.73 Å². The van der Waals surface area contributed by atoms with Crippen LogP contribution >= 0.6 is 0 Å². The molecule has 0 fully saturated rings. The van der Waals surface area contributed by atoms with E-state index in [9.17, 15) is 4.79 Å². The number of rotatable bonds is 3. The van der Waals surface area contributed by atoms with E-state index in [-0.39, 0.29) is 0 Å². The molecule has 0 bridgehead atoms. The number of pyridine rings is 1. The standard InChI is InChI=1S/C21H22N6O/c1-10-5-6-15(14-8-24-25-9-14)12(3)18(10)27-19(22)17(20(23)28)16-7-11(2)13(4)26-21(16)27/h5-9H,22H2,1-4H3,(H2,23,28)(H,24,25). The maximum absolute atomic E-state index is 12.2. The molecule has 0 saturated heterocycles. The summed E-state index contributed by atoms with van der Waals surface area (Å²) in [5.41, 5.74) is 19.9. The zero-order valence-corrected chi connectivity index (χ0v) is 16.3. The third-order valence-corrected chi connectivity index (χ3v) is 5.34. The Morgan fingerprint density at radius 2 is 1.89 bits per heavy atom. The Bertz CT molecular complexity index is 1230. The second kappa shape index (κ2) is 6.23. The summed E-state index contributed by atoms with van der Waals surface area (Å²) in [7, 11) is 0. The number of aromatic nitrogens is 4. The minimum absolute atomic E-state index is 0.301. The van der Waals surface area contributed by atoms with E-state index in [0.717, 1.165) is 39.2 Å². The molecule has 0 radical (unpaired) electrons. The van der Waals surface area contributed by atoms with Crippen molar-refractivity contribution in [1.29, 1.82) is 0 Å². The normalized spacial score (nSPS) is 11.3. The molecule has 4 rings (SSSR count). The van der Waals surface area contributed by atoms with Crippen molar-refractivity contribution in [2.45, 2.75) is 27.7 Å². The van der Waals surface area contributed by atoms with Gasteiger partial charge in [0.25, 0.3) is 5.91 Å². The summed E-state index contributed by atoms with van der Waals surface area (Å²) in [4.78, 5) is 16.9. The van der Waals surface area contributed by atoms with E-state index >= 15 is 0 Å². The number of nitrogens with two attached hydrogens (primary N) is 2. The van der Waals surface area contributed by atoms with Crippen LogP contribution in [-0.4, -0.2) is 25.7 Å². The van der Waals surface area contributed by atoms with Gasteiger partial charge in [-0.25, -0.2) is 4.98 Å². The molecule has 3 aromatic heterocycles. The average Bonchev–Trinajstić information content (AvgIpc) is 3.23. The number of H-pyrrole nitrogens is 1. The van der Waals surface area contributed by atoms with Crippen LogP contribution in [0.3, 0.4) is 0 Å². The average molecular weight is 374 g/mol. The highest BCUT2D eigenvalue weighted by molar-refractivity contribution is 6.11. The third kappa shape index (κ3) is 2.47. The van der Waals surface area contributed by atoms with E-state index < -0.39 is 5.91 Å². The topological polar surface area (TPSA) is 116 Å². The lowest BCUT2D eigenvalue weighted by molar-refractivity contribution is 0.100. The number of carbonyl (C=O) groups is 1.